The number of halogens is 4. The maximum Gasteiger partial charge on any atom is 0.416 e. The fourth-order valence-corrected chi connectivity index (χ4v) is 4.09. The van der Waals surface area contributed by atoms with E-state index in [1.807, 2.05) is 0 Å². The van der Waals surface area contributed by atoms with E-state index in [2.05, 4.69) is 20.3 Å². The molecular formula is C21H23ClF3N5O. The van der Waals surface area contributed by atoms with Gasteiger partial charge < -0.3 is 15.0 Å². The fourth-order valence-electron chi connectivity index (χ4n) is 3.92. The van der Waals surface area contributed by atoms with Gasteiger partial charge in [-0.15, -0.1) is 0 Å². The molecule has 1 fully saturated rings. The van der Waals surface area contributed by atoms with Crippen LogP contribution in [0.5, 0.6) is 0 Å². The van der Waals surface area contributed by atoms with Crippen LogP contribution in [0, 0.1) is 5.92 Å². The lowest BCUT2D eigenvalue weighted by Gasteiger charge is -2.34. The second kappa shape index (κ2) is 9.00. The smallest absolute Gasteiger partial charge is 0.396 e. The number of aliphatic hydroxyl groups excluding tert-OH is 1. The van der Waals surface area contributed by atoms with Gasteiger partial charge in [-0.2, -0.15) is 23.1 Å². The van der Waals surface area contributed by atoms with Gasteiger partial charge in [0.25, 0.3) is 0 Å². The summed E-state index contributed by atoms with van der Waals surface area (Å²) in [6, 6.07) is 5.20. The second-order valence-electron chi connectivity index (χ2n) is 7.89. The highest BCUT2D eigenvalue weighted by Gasteiger charge is 2.30. The summed E-state index contributed by atoms with van der Waals surface area (Å²) in [7, 11) is 0. The number of alkyl halides is 3. The van der Waals surface area contributed by atoms with Crippen molar-refractivity contribution in [2.45, 2.75) is 50.9 Å². The van der Waals surface area contributed by atoms with E-state index in [0.717, 1.165) is 31.4 Å². The molecule has 3 aromatic rings. The molecule has 1 atom stereocenters. The number of nitrogens with one attached hydrogen (secondary N) is 1. The van der Waals surface area contributed by atoms with Gasteiger partial charge in [-0.25, -0.2) is 4.98 Å². The molecule has 1 aromatic carbocycles. The van der Waals surface area contributed by atoms with Gasteiger partial charge in [0.2, 0.25) is 5.28 Å². The average Bonchev–Trinajstić information content (AvgIpc) is 3.07. The summed E-state index contributed by atoms with van der Waals surface area (Å²) < 4.78 is 40.3. The number of imidazole rings is 1. The van der Waals surface area contributed by atoms with Crippen LogP contribution >= 0.6 is 11.6 Å². The summed E-state index contributed by atoms with van der Waals surface area (Å²) in [5.74, 6) is 1.05. The molecule has 2 heterocycles. The Hall–Kier alpha value is -2.39. The average molecular weight is 454 g/mol. The van der Waals surface area contributed by atoms with E-state index in [9.17, 15) is 18.3 Å². The maximum absolute atomic E-state index is 12.8. The van der Waals surface area contributed by atoms with E-state index in [1.165, 1.54) is 18.6 Å². The summed E-state index contributed by atoms with van der Waals surface area (Å²) >= 11 is 6.11. The highest BCUT2D eigenvalue weighted by molar-refractivity contribution is 6.28. The summed E-state index contributed by atoms with van der Waals surface area (Å²) in [4.78, 5) is 12.9. The molecule has 6 nitrogen and oxygen atoms in total. The topological polar surface area (TPSA) is 75.9 Å². The number of hydrogen-bond acceptors (Lipinski definition) is 5. The Labute approximate surface area is 182 Å². The standard InChI is InChI=1S/C21H23ClF3N5O/c22-20-28-18-17(19(29-20)27-16(5-2-10-31)14-3-1-4-14)30(12-26-18)11-13-6-8-15(9-7-13)21(23,24)25/h6-9,12,14,16,31H,1-5,10-11H2,(H,27,28,29). The Morgan fingerprint density at radius 1 is 1.19 bits per heavy atom. The molecule has 4 rings (SSSR count). The van der Waals surface area contributed by atoms with Gasteiger partial charge in [-0.05, 0) is 60.9 Å². The summed E-state index contributed by atoms with van der Waals surface area (Å²) in [5.41, 5.74) is 1.09. The van der Waals surface area contributed by atoms with Crippen LogP contribution in [0.25, 0.3) is 11.2 Å². The third-order valence-corrected chi connectivity index (χ3v) is 5.96. The summed E-state index contributed by atoms with van der Waals surface area (Å²) in [6.07, 6.45) is 2.13. The van der Waals surface area contributed by atoms with Crippen molar-refractivity contribution in [3.05, 3.63) is 47.0 Å². The van der Waals surface area contributed by atoms with Crippen LogP contribution in [0.3, 0.4) is 0 Å². The zero-order chi connectivity index (χ0) is 22.0. The first-order valence-corrected chi connectivity index (χ1v) is 10.6. The number of anilines is 1. The minimum absolute atomic E-state index is 0.0734. The van der Waals surface area contributed by atoms with Crippen LogP contribution in [-0.4, -0.2) is 37.3 Å². The maximum atomic E-state index is 12.8. The Kier molecular flexibility index (Phi) is 6.34. The molecule has 1 aliphatic rings. The monoisotopic (exact) mass is 453 g/mol. The third-order valence-electron chi connectivity index (χ3n) is 5.79. The molecule has 10 heteroatoms. The molecule has 1 saturated carbocycles. The Morgan fingerprint density at radius 2 is 1.94 bits per heavy atom. The number of hydrogen-bond donors (Lipinski definition) is 2. The first-order valence-electron chi connectivity index (χ1n) is 10.3. The second-order valence-corrected chi connectivity index (χ2v) is 8.23. The van der Waals surface area contributed by atoms with E-state index in [1.54, 1.807) is 10.9 Å². The van der Waals surface area contributed by atoms with Gasteiger partial charge in [0.05, 0.1) is 11.9 Å². The highest BCUT2D eigenvalue weighted by atomic mass is 35.5. The molecule has 1 unspecified atom stereocenters. The molecule has 2 aromatic heterocycles. The summed E-state index contributed by atoms with van der Waals surface area (Å²) in [5, 5.41) is 12.8. The predicted octanol–water partition coefficient (Wildman–Crippen LogP) is 4.90. The first-order chi connectivity index (χ1) is 14.8. The molecule has 0 radical (unpaired) electrons. The Bertz CT molecular complexity index is 1030. The number of aliphatic hydroxyl groups is 1. The highest BCUT2D eigenvalue weighted by Crippen LogP contribution is 2.34. The van der Waals surface area contributed by atoms with Crippen molar-refractivity contribution in [3.8, 4) is 0 Å². The van der Waals surface area contributed by atoms with E-state index in [-0.39, 0.29) is 17.9 Å². The number of aromatic nitrogens is 4. The van der Waals surface area contributed by atoms with Crippen molar-refractivity contribution >= 4 is 28.6 Å². The minimum atomic E-state index is -4.37. The van der Waals surface area contributed by atoms with Crippen molar-refractivity contribution in [2.24, 2.45) is 5.92 Å². The minimum Gasteiger partial charge on any atom is -0.396 e. The first kappa shape index (κ1) is 21.8. The lowest BCUT2D eigenvalue weighted by Crippen LogP contribution is -2.34. The molecule has 2 N–H and O–H groups in total. The molecule has 1 aliphatic carbocycles. The van der Waals surface area contributed by atoms with E-state index >= 15 is 0 Å². The lowest BCUT2D eigenvalue weighted by atomic mass is 9.78. The van der Waals surface area contributed by atoms with Gasteiger partial charge in [0, 0.05) is 19.2 Å². The molecular weight excluding hydrogens is 431 g/mol. The number of nitrogens with zero attached hydrogens (tertiary/aromatic N) is 4. The normalized spacial score (nSPS) is 15.8. The number of benzene rings is 1. The third kappa shape index (κ3) is 4.93. The molecule has 31 heavy (non-hydrogen) atoms. The van der Waals surface area contributed by atoms with Gasteiger partial charge in [-0.3, -0.25) is 0 Å². The van der Waals surface area contributed by atoms with E-state index < -0.39 is 11.7 Å². The van der Waals surface area contributed by atoms with Crippen LogP contribution in [-0.2, 0) is 12.7 Å². The van der Waals surface area contributed by atoms with Crippen molar-refractivity contribution in [1.29, 1.82) is 0 Å². The molecule has 0 spiro atoms. The van der Waals surface area contributed by atoms with Gasteiger partial charge >= 0.3 is 6.18 Å². The zero-order valence-electron chi connectivity index (χ0n) is 16.7. The van der Waals surface area contributed by atoms with Crippen molar-refractivity contribution < 1.29 is 18.3 Å². The van der Waals surface area contributed by atoms with E-state index in [4.69, 9.17) is 11.6 Å². The summed E-state index contributed by atoms with van der Waals surface area (Å²) in [6.45, 7) is 0.440. The Morgan fingerprint density at radius 3 is 2.55 bits per heavy atom. The fraction of sp³-hybridized carbons (Fsp3) is 0.476. The van der Waals surface area contributed by atoms with Crippen molar-refractivity contribution in [1.82, 2.24) is 19.5 Å². The zero-order valence-corrected chi connectivity index (χ0v) is 17.5. The number of fused-ring (bicyclic) bond motifs is 1. The predicted molar refractivity (Wildman–Crippen MR) is 112 cm³/mol. The van der Waals surface area contributed by atoms with Crippen molar-refractivity contribution in [2.75, 3.05) is 11.9 Å². The molecule has 0 saturated heterocycles. The molecule has 0 aliphatic heterocycles. The van der Waals surface area contributed by atoms with Crippen LogP contribution in [0.1, 0.15) is 43.2 Å². The van der Waals surface area contributed by atoms with E-state index in [0.29, 0.717) is 41.4 Å². The van der Waals surface area contributed by atoms with Crippen LogP contribution in [0.2, 0.25) is 5.28 Å². The lowest BCUT2D eigenvalue weighted by molar-refractivity contribution is -0.137. The SMILES string of the molecule is OCCCC(Nc1nc(Cl)nc2ncn(Cc3ccc(C(F)(F)F)cc3)c12)C1CCC1. The van der Waals surface area contributed by atoms with Crippen LogP contribution in [0.15, 0.2) is 30.6 Å². The quantitative estimate of drug-likeness (QED) is 0.474. The largest absolute Gasteiger partial charge is 0.416 e. The van der Waals surface area contributed by atoms with Gasteiger partial charge in [0.15, 0.2) is 11.5 Å². The van der Waals surface area contributed by atoms with Crippen LogP contribution < -0.4 is 5.32 Å². The van der Waals surface area contributed by atoms with Gasteiger partial charge in [-0.1, -0.05) is 18.6 Å². The van der Waals surface area contributed by atoms with Gasteiger partial charge in [0.1, 0.15) is 5.52 Å². The molecule has 0 amide bonds. The molecule has 0 bridgehead atoms. The number of rotatable bonds is 8. The molecule has 166 valence electrons. The Balaban J connectivity index is 1.63. The van der Waals surface area contributed by atoms with Crippen LogP contribution in [0.4, 0.5) is 19.0 Å². The van der Waals surface area contributed by atoms with Crippen molar-refractivity contribution in [3.63, 3.8) is 0 Å².